The second-order valence-electron chi connectivity index (χ2n) is 3.67. The van der Waals surface area contributed by atoms with Crippen molar-refractivity contribution in [3.8, 4) is 0 Å². The lowest BCUT2D eigenvalue weighted by molar-refractivity contribution is 0.554. The smallest absolute Gasteiger partial charge is 0.205 e. The van der Waals surface area contributed by atoms with Crippen LogP contribution >= 0.6 is 0 Å². The van der Waals surface area contributed by atoms with Crippen molar-refractivity contribution in [3.63, 3.8) is 0 Å². The van der Waals surface area contributed by atoms with E-state index < -0.39 is 0 Å². The van der Waals surface area contributed by atoms with Crippen molar-refractivity contribution < 1.29 is 0 Å². The highest BCUT2D eigenvalue weighted by Crippen LogP contribution is 2.33. The summed E-state index contributed by atoms with van der Waals surface area (Å²) in [7, 11) is 2.12. The molecule has 2 heterocycles. The topological polar surface area (TPSA) is 18.8 Å². The van der Waals surface area contributed by atoms with Crippen LogP contribution in [-0.2, 0) is 0 Å². The number of allylic oxidation sites excluding steroid dienone is 3. The Bertz CT molecular complexity index is 338. The molecule has 1 aliphatic carbocycles. The van der Waals surface area contributed by atoms with E-state index in [-0.39, 0.29) is 0 Å². The monoisotopic (exact) mass is 175 g/mol. The van der Waals surface area contributed by atoms with E-state index in [1.165, 1.54) is 17.8 Å². The van der Waals surface area contributed by atoms with E-state index in [9.17, 15) is 0 Å². The van der Waals surface area contributed by atoms with Crippen LogP contribution in [0.4, 0.5) is 0 Å². The van der Waals surface area contributed by atoms with Gasteiger partial charge in [0.05, 0.1) is 12.2 Å². The third-order valence-electron chi connectivity index (χ3n) is 2.93. The Hall–Kier alpha value is -1.25. The highest BCUT2D eigenvalue weighted by molar-refractivity contribution is 5.88. The summed E-state index contributed by atoms with van der Waals surface area (Å²) in [5.74, 6) is 1.15. The molecule has 68 valence electrons. The molecule has 2 aliphatic heterocycles. The SMILES string of the molecule is CN1C2=NCCN2C2=C1CCC=C2. The zero-order valence-corrected chi connectivity index (χ0v) is 7.82. The van der Waals surface area contributed by atoms with Gasteiger partial charge in [-0.15, -0.1) is 0 Å². The summed E-state index contributed by atoms with van der Waals surface area (Å²) in [5, 5.41) is 0. The van der Waals surface area contributed by atoms with Gasteiger partial charge in [-0.25, -0.2) is 0 Å². The minimum absolute atomic E-state index is 0.949. The van der Waals surface area contributed by atoms with Gasteiger partial charge in [0.1, 0.15) is 0 Å². The lowest BCUT2D eigenvalue weighted by atomic mass is 10.1. The number of nitrogens with zero attached hydrogens (tertiary/aromatic N) is 3. The third-order valence-corrected chi connectivity index (χ3v) is 2.93. The summed E-state index contributed by atoms with van der Waals surface area (Å²) >= 11 is 0. The van der Waals surface area contributed by atoms with Crippen LogP contribution < -0.4 is 0 Å². The van der Waals surface area contributed by atoms with Gasteiger partial charge in [0.15, 0.2) is 0 Å². The van der Waals surface area contributed by atoms with Crippen LogP contribution in [0.1, 0.15) is 12.8 Å². The lowest BCUT2D eigenvalue weighted by Crippen LogP contribution is -2.29. The van der Waals surface area contributed by atoms with Crippen LogP contribution in [0.5, 0.6) is 0 Å². The average molecular weight is 175 g/mol. The first-order valence-electron chi connectivity index (χ1n) is 4.83. The molecule has 0 saturated heterocycles. The predicted molar refractivity (Wildman–Crippen MR) is 52.2 cm³/mol. The van der Waals surface area contributed by atoms with Crippen molar-refractivity contribution in [2.45, 2.75) is 12.8 Å². The van der Waals surface area contributed by atoms with Gasteiger partial charge in [0, 0.05) is 19.3 Å². The number of rotatable bonds is 0. The van der Waals surface area contributed by atoms with Crippen LogP contribution in [0.15, 0.2) is 28.5 Å². The minimum atomic E-state index is 0.949. The number of fused-ring (bicyclic) bond motifs is 2. The molecule has 3 rings (SSSR count). The van der Waals surface area contributed by atoms with Gasteiger partial charge in [0.2, 0.25) is 5.96 Å². The Morgan fingerprint density at radius 2 is 2.38 bits per heavy atom. The van der Waals surface area contributed by atoms with Crippen molar-refractivity contribution >= 4 is 5.96 Å². The van der Waals surface area contributed by atoms with E-state index in [0.717, 1.165) is 25.5 Å². The van der Waals surface area contributed by atoms with Gasteiger partial charge in [-0.2, -0.15) is 0 Å². The van der Waals surface area contributed by atoms with Crippen molar-refractivity contribution in [2.24, 2.45) is 4.99 Å². The van der Waals surface area contributed by atoms with E-state index in [0.29, 0.717) is 0 Å². The highest BCUT2D eigenvalue weighted by Gasteiger charge is 2.34. The molecule has 0 aromatic rings. The van der Waals surface area contributed by atoms with Gasteiger partial charge in [-0.3, -0.25) is 4.99 Å². The Morgan fingerprint density at radius 3 is 3.31 bits per heavy atom. The van der Waals surface area contributed by atoms with Crippen molar-refractivity contribution in [3.05, 3.63) is 23.5 Å². The zero-order chi connectivity index (χ0) is 8.84. The number of hydrogen-bond donors (Lipinski definition) is 0. The molecule has 3 aliphatic rings. The molecule has 13 heavy (non-hydrogen) atoms. The number of hydrogen-bond acceptors (Lipinski definition) is 3. The summed E-state index contributed by atoms with van der Waals surface area (Å²) in [5.41, 5.74) is 2.82. The lowest BCUT2D eigenvalue weighted by Gasteiger charge is -2.15. The molecule has 3 nitrogen and oxygen atoms in total. The summed E-state index contributed by atoms with van der Waals surface area (Å²) in [4.78, 5) is 9.06. The molecule has 0 spiro atoms. The molecule has 0 fully saturated rings. The zero-order valence-electron chi connectivity index (χ0n) is 7.82. The molecule has 0 aromatic heterocycles. The molecule has 0 unspecified atom stereocenters. The van der Waals surface area contributed by atoms with Crippen LogP contribution in [0.2, 0.25) is 0 Å². The maximum atomic E-state index is 4.50. The van der Waals surface area contributed by atoms with E-state index in [1.807, 2.05) is 0 Å². The maximum absolute atomic E-state index is 4.50. The first kappa shape index (κ1) is 7.18. The molecule has 0 radical (unpaired) electrons. The van der Waals surface area contributed by atoms with Crippen molar-refractivity contribution in [1.29, 1.82) is 0 Å². The van der Waals surface area contributed by atoms with Crippen LogP contribution in [0, 0.1) is 0 Å². The molecule has 0 bridgehead atoms. The van der Waals surface area contributed by atoms with Gasteiger partial charge in [0.25, 0.3) is 0 Å². The number of aliphatic imine (C=N–C) groups is 1. The summed E-state index contributed by atoms with van der Waals surface area (Å²) in [6, 6.07) is 0. The normalized spacial score (nSPS) is 25.2. The second kappa shape index (κ2) is 2.37. The summed E-state index contributed by atoms with van der Waals surface area (Å²) in [6.07, 6.45) is 6.83. The fourth-order valence-corrected chi connectivity index (χ4v) is 2.30. The summed E-state index contributed by atoms with van der Waals surface area (Å²) < 4.78 is 0. The quantitative estimate of drug-likeness (QED) is 0.550. The number of guanidine groups is 1. The van der Waals surface area contributed by atoms with E-state index in [1.54, 1.807) is 0 Å². The first-order valence-corrected chi connectivity index (χ1v) is 4.83. The van der Waals surface area contributed by atoms with Crippen LogP contribution in [0.3, 0.4) is 0 Å². The van der Waals surface area contributed by atoms with Crippen LogP contribution in [-0.4, -0.2) is 35.9 Å². The minimum Gasteiger partial charge on any atom is -0.317 e. The molecule has 0 aromatic carbocycles. The van der Waals surface area contributed by atoms with Gasteiger partial charge >= 0.3 is 0 Å². The molecular weight excluding hydrogens is 162 g/mol. The summed E-state index contributed by atoms with van der Waals surface area (Å²) in [6.45, 7) is 2.01. The standard InChI is InChI=1S/C10H13N3/c1-12-8-4-2-3-5-9(8)13-7-6-11-10(12)13/h3,5H,2,4,6-7H2,1H3. The average Bonchev–Trinajstić information content (AvgIpc) is 2.72. The Morgan fingerprint density at radius 1 is 1.46 bits per heavy atom. The third kappa shape index (κ3) is 0.816. The Kier molecular flexibility index (Phi) is 1.31. The van der Waals surface area contributed by atoms with E-state index in [4.69, 9.17) is 0 Å². The second-order valence-corrected chi connectivity index (χ2v) is 3.67. The van der Waals surface area contributed by atoms with Gasteiger partial charge in [-0.05, 0) is 18.9 Å². The molecular formula is C10H13N3. The fourth-order valence-electron chi connectivity index (χ4n) is 2.30. The molecule has 0 N–H and O–H groups in total. The Balaban J connectivity index is 2.08. The van der Waals surface area contributed by atoms with Gasteiger partial charge < -0.3 is 9.80 Å². The van der Waals surface area contributed by atoms with E-state index in [2.05, 4.69) is 34.0 Å². The van der Waals surface area contributed by atoms with Gasteiger partial charge in [-0.1, -0.05) is 6.08 Å². The Labute approximate surface area is 78.0 Å². The maximum Gasteiger partial charge on any atom is 0.205 e. The largest absolute Gasteiger partial charge is 0.317 e. The van der Waals surface area contributed by atoms with E-state index >= 15 is 0 Å². The molecule has 0 atom stereocenters. The molecule has 0 saturated carbocycles. The fraction of sp³-hybridized carbons (Fsp3) is 0.500. The van der Waals surface area contributed by atoms with Crippen molar-refractivity contribution in [1.82, 2.24) is 9.80 Å². The van der Waals surface area contributed by atoms with Crippen molar-refractivity contribution in [2.75, 3.05) is 20.1 Å². The predicted octanol–water partition coefficient (Wildman–Crippen LogP) is 1.17. The first-order chi connectivity index (χ1) is 6.38. The molecule has 0 amide bonds. The van der Waals surface area contributed by atoms with Crippen LogP contribution in [0.25, 0.3) is 0 Å². The highest BCUT2D eigenvalue weighted by atomic mass is 15.4. The molecule has 3 heteroatoms.